The first-order chi connectivity index (χ1) is 8.09. The van der Waals surface area contributed by atoms with Crippen molar-refractivity contribution in [2.75, 3.05) is 0 Å². The fourth-order valence-corrected chi connectivity index (χ4v) is 1.74. The van der Waals surface area contributed by atoms with E-state index in [1.807, 2.05) is 12.1 Å². The highest BCUT2D eigenvalue weighted by molar-refractivity contribution is 6.32. The molecule has 0 unspecified atom stereocenters. The molecule has 0 amide bonds. The Morgan fingerprint density at radius 1 is 1.53 bits per heavy atom. The molecule has 0 saturated heterocycles. The molecule has 0 saturated carbocycles. The highest BCUT2D eigenvalue weighted by Gasteiger charge is 2.29. The first-order valence-corrected chi connectivity index (χ1v) is 5.34. The highest BCUT2D eigenvalue weighted by Crippen LogP contribution is 2.25. The second-order valence-electron chi connectivity index (χ2n) is 3.61. The van der Waals surface area contributed by atoms with Gasteiger partial charge < -0.3 is 10.8 Å². The summed E-state index contributed by atoms with van der Waals surface area (Å²) in [6, 6.07) is 6.07. The number of nitrogens with two attached hydrogens (primary N) is 1. The fraction of sp³-hybridized carbons (Fsp3) is 0.182. The van der Waals surface area contributed by atoms with Gasteiger partial charge in [-0.1, -0.05) is 29.8 Å². The number of carboxylic acid groups (broad SMARTS) is 1. The molecule has 1 aliphatic rings. The van der Waals surface area contributed by atoms with E-state index in [1.165, 1.54) is 0 Å². The van der Waals surface area contributed by atoms with Gasteiger partial charge >= 0.3 is 5.97 Å². The Morgan fingerprint density at radius 2 is 2.24 bits per heavy atom. The maximum Gasteiger partial charge on any atom is 0.323 e. The Bertz CT molecular complexity index is 476. The minimum atomic E-state index is -1.12. The average molecular weight is 255 g/mol. The third kappa shape index (κ3) is 2.41. The van der Waals surface area contributed by atoms with Gasteiger partial charge in [0.25, 0.3) is 0 Å². The summed E-state index contributed by atoms with van der Waals surface area (Å²) in [6.07, 6.45) is 0.902. The predicted octanol–water partition coefficient (Wildman–Crippen LogP) is 0.996. The van der Waals surface area contributed by atoms with Crippen LogP contribution in [0.1, 0.15) is 5.56 Å². The summed E-state index contributed by atoms with van der Waals surface area (Å²) in [5.74, 6) is -1.12. The van der Waals surface area contributed by atoms with E-state index in [9.17, 15) is 4.79 Å². The molecular formula is C11H11ClN2O3. The first-order valence-electron chi connectivity index (χ1n) is 4.96. The number of hydrogen-bond donors (Lipinski definition) is 3. The van der Waals surface area contributed by atoms with Gasteiger partial charge in [0.1, 0.15) is 12.1 Å². The van der Waals surface area contributed by atoms with Gasteiger partial charge in [-0.3, -0.25) is 15.1 Å². The standard InChI is InChI=1S/C11H11ClN2O3/c12-7-4-2-1-3-6(7)8-5-9(17-14-8)10(13)11(15)16/h1-5,9-10,14H,13H2,(H,15,16)/t9-,10+/m0/s1. The molecule has 2 atom stereocenters. The molecule has 4 N–H and O–H groups in total. The van der Waals surface area contributed by atoms with Crippen LogP contribution in [0.5, 0.6) is 0 Å². The van der Waals surface area contributed by atoms with Crippen molar-refractivity contribution in [1.82, 2.24) is 5.48 Å². The Balaban J connectivity index is 2.23. The molecule has 1 aromatic rings. The number of aliphatic carboxylic acids is 1. The van der Waals surface area contributed by atoms with Crippen LogP contribution in [0.2, 0.25) is 5.02 Å². The first kappa shape index (κ1) is 11.9. The van der Waals surface area contributed by atoms with Crippen molar-refractivity contribution in [1.29, 1.82) is 0 Å². The van der Waals surface area contributed by atoms with E-state index in [0.717, 1.165) is 5.56 Å². The highest BCUT2D eigenvalue weighted by atomic mass is 35.5. The maximum absolute atomic E-state index is 10.7. The van der Waals surface area contributed by atoms with E-state index in [4.69, 9.17) is 27.3 Å². The van der Waals surface area contributed by atoms with E-state index < -0.39 is 18.1 Å². The van der Waals surface area contributed by atoms with Gasteiger partial charge in [0, 0.05) is 10.6 Å². The molecule has 5 nitrogen and oxygen atoms in total. The van der Waals surface area contributed by atoms with Crippen molar-refractivity contribution in [2.45, 2.75) is 12.1 Å². The zero-order valence-corrected chi connectivity index (χ0v) is 9.52. The lowest BCUT2D eigenvalue weighted by Crippen LogP contribution is -2.41. The SMILES string of the molecule is N[C@@H](C(=O)O)[C@@H]1C=C(c2ccccc2Cl)NO1. The number of rotatable bonds is 3. The van der Waals surface area contributed by atoms with Crippen molar-refractivity contribution in [3.8, 4) is 0 Å². The second-order valence-corrected chi connectivity index (χ2v) is 4.02. The van der Waals surface area contributed by atoms with Gasteiger partial charge in [0.05, 0.1) is 5.70 Å². The van der Waals surface area contributed by atoms with Crippen molar-refractivity contribution >= 4 is 23.3 Å². The van der Waals surface area contributed by atoms with E-state index in [0.29, 0.717) is 10.7 Å². The van der Waals surface area contributed by atoms with Crippen molar-refractivity contribution < 1.29 is 14.7 Å². The van der Waals surface area contributed by atoms with Gasteiger partial charge in [-0.15, -0.1) is 0 Å². The molecule has 0 aromatic heterocycles. The minimum absolute atomic E-state index is 0.555. The quantitative estimate of drug-likeness (QED) is 0.749. The molecule has 0 aliphatic carbocycles. The van der Waals surface area contributed by atoms with Crippen molar-refractivity contribution in [2.24, 2.45) is 5.73 Å². The Morgan fingerprint density at radius 3 is 2.88 bits per heavy atom. The molecule has 6 heteroatoms. The number of hydroxylamine groups is 1. The molecule has 1 heterocycles. The largest absolute Gasteiger partial charge is 0.480 e. The van der Waals surface area contributed by atoms with Gasteiger partial charge in [-0.05, 0) is 12.1 Å². The molecule has 0 radical (unpaired) electrons. The van der Waals surface area contributed by atoms with E-state index in [2.05, 4.69) is 5.48 Å². The summed E-state index contributed by atoms with van der Waals surface area (Å²) in [4.78, 5) is 15.8. The minimum Gasteiger partial charge on any atom is -0.480 e. The van der Waals surface area contributed by atoms with Crippen LogP contribution in [-0.2, 0) is 9.63 Å². The molecule has 2 rings (SSSR count). The van der Waals surface area contributed by atoms with E-state index >= 15 is 0 Å². The number of carboxylic acids is 1. The number of nitrogens with one attached hydrogen (secondary N) is 1. The third-order valence-corrected chi connectivity index (χ3v) is 2.77. The second kappa shape index (κ2) is 4.75. The number of halogens is 1. The van der Waals surface area contributed by atoms with Crippen LogP contribution in [0.4, 0.5) is 0 Å². The summed E-state index contributed by atoms with van der Waals surface area (Å²) in [7, 11) is 0. The molecular weight excluding hydrogens is 244 g/mol. The molecule has 0 fully saturated rings. The number of benzene rings is 1. The normalized spacial score (nSPS) is 20.6. The van der Waals surface area contributed by atoms with Gasteiger partial charge in [-0.2, -0.15) is 0 Å². The molecule has 0 spiro atoms. The van der Waals surface area contributed by atoms with E-state index in [1.54, 1.807) is 18.2 Å². The van der Waals surface area contributed by atoms with Crippen LogP contribution < -0.4 is 11.2 Å². The third-order valence-electron chi connectivity index (χ3n) is 2.44. The van der Waals surface area contributed by atoms with Crippen LogP contribution in [0.3, 0.4) is 0 Å². The van der Waals surface area contributed by atoms with Crippen LogP contribution in [-0.4, -0.2) is 23.2 Å². The van der Waals surface area contributed by atoms with Crippen LogP contribution in [0.25, 0.3) is 5.70 Å². The predicted molar refractivity (Wildman–Crippen MR) is 63.0 cm³/mol. The molecule has 90 valence electrons. The van der Waals surface area contributed by atoms with Crippen LogP contribution >= 0.6 is 11.6 Å². The van der Waals surface area contributed by atoms with Gasteiger partial charge in [0.2, 0.25) is 0 Å². The molecule has 17 heavy (non-hydrogen) atoms. The smallest absolute Gasteiger partial charge is 0.323 e. The number of hydrogen-bond acceptors (Lipinski definition) is 4. The summed E-state index contributed by atoms with van der Waals surface area (Å²) >= 11 is 6.01. The van der Waals surface area contributed by atoms with Gasteiger partial charge in [-0.25, -0.2) is 0 Å². The van der Waals surface area contributed by atoms with Crippen molar-refractivity contribution in [3.05, 3.63) is 40.9 Å². The summed E-state index contributed by atoms with van der Waals surface area (Å²) < 4.78 is 0. The molecule has 1 aliphatic heterocycles. The Kier molecular flexibility index (Phi) is 3.33. The summed E-state index contributed by atoms with van der Waals surface area (Å²) in [5, 5.41) is 9.32. The molecule has 1 aromatic carbocycles. The summed E-state index contributed by atoms with van der Waals surface area (Å²) in [5.41, 5.74) is 9.46. The van der Waals surface area contributed by atoms with Crippen molar-refractivity contribution in [3.63, 3.8) is 0 Å². The van der Waals surface area contributed by atoms with Gasteiger partial charge in [0.15, 0.2) is 0 Å². The number of carbonyl (C=O) groups is 1. The Hall–Kier alpha value is -1.56. The molecule has 0 bridgehead atoms. The Labute approximate surface area is 103 Å². The van der Waals surface area contributed by atoms with E-state index in [-0.39, 0.29) is 0 Å². The lowest BCUT2D eigenvalue weighted by Gasteiger charge is -2.11. The fourth-order valence-electron chi connectivity index (χ4n) is 1.51. The monoisotopic (exact) mass is 254 g/mol. The maximum atomic E-state index is 10.7. The summed E-state index contributed by atoms with van der Waals surface area (Å²) in [6.45, 7) is 0. The zero-order chi connectivity index (χ0) is 12.4. The topological polar surface area (TPSA) is 84.6 Å². The van der Waals surface area contributed by atoms with Crippen LogP contribution in [0.15, 0.2) is 30.3 Å². The average Bonchev–Trinajstić information content (AvgIpc) is 2.77. The lowest BCUT2D eigenvalue weighted by atomic mass is 10.1. The lowest BCUT2D eigenvalue weighted by molar-refractivity contribution is -0.141. The van der Waals surface area contributed by atoms with Crippen LogP contribution in [0, 0.1) is 0 Å². The zero-order valence-electron chi connectivity index (χ0n) is 8.76.